The summed E-state index contributed by atoms with van der Waals surface area (Å²) in [6.07, 6.45) is 0. The summed E-state index contributed by atoms with van der Waals surface area (Å²) in [5.74, 6) is 0.605. The van der Waals surface area contributed by atoms with Gasteiger partial charge < -0.3 is 5.73 Å². The molecule has 0 saturated heterocycles. The molecule has 0 unspecified atom stereocenters. The Kier molecular flexibility index (Phi) is 3.26. The first-order chi connectivity index (χ1) is 8.38. The van der Waals surface area contributed by atoms with Crippen LogP contribution in [0.3, 0.4) is 0 Å². The van der Waals surface area contributed by atoms with Crippen molar-refractivity contribution in [1.29, 1.82) is 0 Å². The first-order valence-electron chi connectivity index (χ1n) is 5.69. The summed E-state index contributed by atoms with van der Waals surface area (Å²) in [7, 11) is 0. The minimum Gasteiger partial charge on any atom is -0.398 e. The van der Waals surface area contributed by atoms with E-state index in [1.54, 1.807) is 22.9 Å². The Hall–Kier alpha value is -1.62. The van der Waals surface area contributed by atoms with Crippen molar-refractivity contribution in [3.8, 4) is 11.4 Å². The molecule has 2 aromatic rings. The van der Waals surface area contributed by atoms with E-state index in [0.29, 0.717) is 28.6 Å². The number of benzene rings is 1. The van der Waals surface area contributed by atoms with Gasteiger partial charge in [-0.3, -0.25) is 0 Å². The molecule has 96 valence electrons. The van der Waals surface area contributed by atoms with Crippen LogP contribution in [0.4, 0.5) is 5.69 Å². The number of anilines is 1. The average Bonchev–Trinajstić information content (AvgIpc) is 2.63. The molecule has 2 N–H and O–H groups in total. The van der Waals surface area contributed by atoms with Gasteiger partial charge in [-0.25, -0.2) is 4.68 Å². The first-order valence-corrected chi connectivity index (χ1v) is 6.07. The molecule has 0 fully saturated rings. The van der Waals surface area contributed by atoms with E-state index in [-0.39, 0.29) is 5.41 Å². The van der Waals surface area contributed by atoms with Crippen molar-refractivity contribution in [3.05, 3.63) is 23.2 Å². The summed E-state index contributed by atoms with van der Waals surface area (Å²) in [4.78, 5) is 0. The molecule has 0 saturated carbocycles. The molecule has 0 aliphatic rings. The molecule has 0 radical (unpaired) electrons. The highest BCUT2D eigenvalue weighted by molar-refractivity contribution is 6.33. The molecule has 0 aliphatic heterocycles. The Bertz CT molecular complexity index is 536. The van der Waals surface area contributed by atoms with Crippen molar-refractivity contribution < 1.29 is 0 Å². The predicted molar refractivity (Wildman–Crippen MR) is 72.1 cm³/mol. The van der Waals surface area contributed by atoms with Gasteiger partial charge in [0, 0.05) is 12.2 Å². The molecule has 2 rings (SSSR count). The van der Waals surface area contributed by atoms with E-state index in [1.165, 1.54) is 0 Å². The van der Waals surface area contributed by atoms with Gasteiger partial charge in [0.15, 0.2) is 5.82 Å². The van der Waals surface area contributed by atoms with Gasteiger partial charge in [-0.1, -0.05) is 38.4 Å². The van der Waals surface area contributed by atoms with E-state index in [9.17, 15) is 0 Å². The van der Waals surface area contributed by atoms with Crippen LogP contribution in [-0.4, -0.2) is 20.2 Å². The van der Waals surface area contributed by atoms with Crippen LogP contribution in [0.15, 0.2) is 18.2 Å². The molecule has 0 aliphatic carbocycles. The lowest BCUT2D eigenvalue weighted by atomic mass is 9.97. The van der Waals surface area contributed by atoms with Crippen molar-refractivity contribution in [2.24, 2.45) is 5.41 Å². The second-order valence-corrected chi connectivity index (χ2v) is 5.83. The van der Waals surface area contributed by atoms with Crippen LogP contribution in [0, 0.1) is 5.41 Å². The molecule has 0 amide bonds. The number of tetrazole rings is 1. The van der Waals surface area contributed by atoms with E-state index in [0.717, 1.165) is 0 Å². The van der Waals surface area contributed by atoms with E-state index in [4.69, 9.17) is 17.3 Å². The maximum atomic E-state index is 6.18. The fraction of sp³-hybridized carbons (Fsp3) is 0.417. The Balaban J connectivity index is 2.49. The van der Waals surface area contributed by atoms with E-state index >= 15 is 0 Å². The summed E-state index contributed by atoms with van der Waals surface area (Å²) >= 11 is 6.18. The molecular weight excluding hydrogens is 250 g/mol. The zero-order valence-corrected chi connectivity index (χ0v) is 11.4. The SMILES string of the molecule is CC(C)(C)Cn1nnnc1-c1c(N)cccc1Cl. The number of nitrogens with two attached hydrogens (primary N) is 1. The Morgan fingerprint density at radius 1 is 1.33 bits per heavy atom. The number of hydrogen-bond acceptors (Lipinski definition) is 4. The molecule has 0 bridgehead atoms. The molecule has 1 heterocycles. The molecule has 6 heteroatoms. The van der Waals surface area contributed by atoms with E-state index < -0.39 is 0 Å². The summed E-state index contributed by atoms with van der Waals surface area (Å²) in [5, 5.41) is 12.3. The third kappa shape index (κ3) is 2.61. The Morgan fingerprint density at radius 3 is 2.67 bits per heavy atom. The molecule has 1 aromatic heterocycles. The number of hydrogen-bond donors (Lipinski definition) is 1. The highest BCUT2D eigenvalue weighted by Crippen LogP contribution is 2.32. The van der Waals surface area contributed by atoms with E-state index in [2.05, 4.69) is 36.3 Å². The molecule has 5 nitrogen and oxygen atoms in total. The predicted octanol–water partition coefficient (Wildman–Crippen LogP) is 2.62. The largest absolute Gasteiger partial charge is 0.398 e. The molecule has 0 spiro atoms. The maximum Gasteiger partial charge on any atom is 0.185 e. The highest BCUT2D eigenvalue weighted by Gasteiger charge is 2.19. The average molecular weight is 266 g/mol. The van der Waals surface area contributed by atoms with Crippen molar-refractivity contribution in [3.63, 3.8) is 0 Å². The van der Waals surface area contributed by atoms with Crippen LogP contribution in [0.1, 0.15) is 20.8 Å². The minimum absolute atomic E-state index is 0.0696. The lowest BCUT2D eigenvalue weighted by Gasteiger charge is -2.18. The quantitative estimate of drug-likeness (QED) is 0.848. The molecular formula is C12H16ClN5. The van der Waals surface area contributed by atoms with Crippen LogP contribution >= 0.6 is 11.6 Å². The van der Waals surface area contributed by atoms with Gasteiger partial charge in [-0.15, -0.1) is 5.10 Å². The second-order valence-electron chi connectivity index (χ2n) is 5.42. The molecule has 0 atom stereocenters. The molecule has 1 aromatic carbocycles. The minimum atomic E-state index is 0.0696. The van der Waals surface area contributed by atoms with Gasteiger partial charge in [0.1, 0.15) is 0 Å². The second kappa shape index (κ2) is 4.57. The fourth-order valence-electron chi connectivity index (χ4n) is 1.72. The van der Waals surface area contributed by atoms with Gasteiger partial charge in [-0.2, -0.15) is 0 Å². The van der Waals surface area contributed by atoms with Crippen LogP contribution < -0.4 is 5.73 Å². The zero-order chi connectivity index (χ0) is 13.3. The topological polar surface area (TPSA) is 69.6 Å². The van der Waals surface area contributed by atoms with Crippen molar-refractivity contribution in [2.45, 2.75) is 27.3 Å². The maximum absolute atomic E-state index is 6.18. The third-order valence-electron chi connectivity index (χ3n) is 2.43. The summed E-state index contributed by atoms with van der Waals surface area (Å²) in [5.41, 5.74) is 7.29. The zero-order valence-electron chi connectivity index (χ0n) is 10.7. The third-order valence-corrected chi connectivity index (χ3v) is 2.74. The summed E-state index contributed by atoms with van der Waals surface area (Å²) in [6, 6.07) is 5.37. The van der Waals surface area contributed by atoms with Gasteiger partial charge in [0.05, 0.1) is 10.6 Å². The van der Waals surface area contributed by atoms with Gasteiger partial charge in [0.2, 0.25) is 0 Å². The summed E-state index contributed by atoms with van der Waals surface area (Å²) < 4.78 is 1.73. The fourth-order valence-corrected chi connectivity index (χ4v) is 1.98. The summed E-state index contributed by atoms with van der Waals surface area (Å²) in [6.45, 7) is 7.05. The number of halogens is 1. The number of aromatic nitrogens is 4. The van der Waals surface area contributed by atoms with E-state index in [1.807, 2.05) is 0 Å². The lowest BCUT2D eigenvalue weighted by Crippen LogP contribution is -2.17. The molecule has 18 heavy (non-hydrogen) atoms. The van der Waals surface area contributed by atoms with Gasteiger partial charge in [0.25, 0.3) is 0 Å². The normalized spacial score (nSPS) is 11.8. The number of rotatable bonds is 2. The van der Waals surface area contributed by atoms with Crippen molar-refractivity contribution in [1.82, 2.24) is 20.2 Å². The number of nitrogens with zero attached hydrogens (tertiary/aromatic N) is 4. The smallest absolute Gasteiger partial charge is 0.185 e. The van der Waals surface area contributed by atoms with Crippen LogP contribution in [0.5, 0.6) is 0 Å². The first kappa shape index (κ1) is 12.8. The monoisotopic (exact) mass is 265 g/mol. The van der Waals surface area contributed by atoms with Crippen LogP contribution in [0.25, 0.3) is 11.4 Å². The Morgan fingerprint density at radius 2 is 2.06 bits per heavy atom. The number of nitrogen functional groups attached to an aromatic ring is 1. The van der Waals surface area contributed by atoms with Crippen LogP contribution in [0.2, 0.25) is 5.02 Å². The van der Waals surface area contributed by atoms with Crippen molar-refractivity contribution >= 4 is 17.3 Å². The lowest BCUT2D eigenvalue weighted by molar-refractivity contribution is 0.323. The Labute approximate surface area is 111 Å². The van der Waals surface area contributed by atoms with Crippen molar-refractivity contribution in [2.75, 3.05) is 5.73 Å². The van der Waals surface area contributed by atoms with Gasteiger partial charge in [-0.05, 0) is 28.0 Å². The van der Waals surface area contributed by atoms with Crippen LogP contribution in [-0.2, 0) is 6.54 Å². The standard InChI is InChI=1S/C12H16ClN5/c1-12(2,3)7-18-11(15-16-17-18)10-8(13)5-4-6-9(10)14/h4-6H,7,14H2,1-3H3. The highest BCUT2D eigenvalue weighted by atomic mass is 35.5. The van der Waals surface area contributed by atoms with Gasteiger partial charge >= 0.3 is 0 Å².